The standard InChI is InChI=1S/C14H14NO/c1-15-14-9-4-3-8-13(14)11-6-5-7-12(10-11)16-2/h3-5,7-10,15H,1-2H3. The van der Waals surface area contributed by atoms with E-state index in [0.29, 0.717) is 0 Å². The second kappa shape index (κ2) is 4.71. The number of para-hydroxylation sites is 1. The minimum absolute atomic E-state index is 0.847. The molecule has 0 amide bonds. The summed E-state index contributed by atoms with van der Waals surface area (Å²) in [6.45, 7) is 0. The summed E-state index contributed by atoms with van der Waals surface area (Å²) < 4.78 is 5.21. The van der Waals surface area contributed by atoms with Crippen LogP contribution in [0.3, 0.4) is 0 Å². The van der Waals surface area contributed by atoms with Crippen molar-refractivity contribution in [3.8, 4) is 16.9 Å². The van der Waals surface area contributed by atoms with Gasteiger partial charge in [0.2, 0.25) is 0 Å². The Kier molecular flexibility index (Phi) is 3.10. The second-order valence-electron chi connectivity index (χ2n) is 3.44. The van der Waals surface area contributed by atoms with Gasteiger partial charge in [0.25, 0.3) is 0 Å². The molecule has 16 heavy (non-hydrogen) atoms. The summed E-state index contributed by atoms with van der Waals surface area (Å²) in [4.78, 5) is 0. The van der Waals surface area contributed by atoms with Gasteiger partial charge in [0, 0.05) is 18.3 Å². The van der Waals surface area contributed by atoms with E-state index in [-0.39, 0.29) is 0 Å². The molecule has 1 radical (unpaired) electrons. The average Bonchev–Trinajstić information content (AvgIpc) is 2.38. The van der Waals surface area contributed by atoms with Crippen LogP contribution in [-0.4, -0.2) is 14.2 Å². The molecular weight excluding hydrogens is 198 g/mol. The number of hydrogen-bond donors (Lipinski definition) is 1. The van der Waals surface area contributed by atoms with E-state index >= 15 is 0 Å². The molecule has 0 aliphatic heterocycles. The number of ether oxygens (including phenoxy) is 1. The van der Waals surface area contributed by atoms with Crippen LogP contribution in [0.2, 0.25) is 0 Å². The lowest BCUT2D eigenvalue weighted by atomic mass is 10.0. The van der Waals surface area contributed by atoms with Gasteiger partial charge in [0.05, 0.1) is 7.11 Å². The Bertz CT molecular complexity index is 480. The quantitative estimate of drug-likeness (QED) is 0.843. The molecule has 2 rings (SSSR count). The van der Waals surface area contributed by atoms with E-state index < -0.39 is 0 Å². The molecule has 0 spiro atoms. The van der Waals surface area contributed by atoms with Gasteiger partial charge in [0.15, 0.2) is 0 Å². The van der Waals surface area contributed by atoms with Gasteiger partial charge in [-0.15, -0.1) is 0 Å². The van der Waals surface area contributed by atoms with Crippen LogP contribution in [0.1, 0.15) is 0 Å². The van der Waals surface area contributed by atoms with Crippen LogP contribution in [0.5, 0.6) is 5.75 Å². The molecule has 0 heterocycles. The van der Waals surface area contributed by atoms with Crippen molar-refractivity contribution < 1.29 is 4.74 Å². The summed E-state index contributed by atoms with van der Waals surface area (Å²) in [5.74, 6) is 0.847. The van der Waals surface area contributed by atoms with E-state index in [1.54, 1.807) is 7.11 Å². The van der Waals surface area contributed by atoms with Gasteiger partial charge >= 0.3 is 0 Å². The molecule has 0 aliphatic carbocycles. The minimum atomic E-state index is 0.847. The van der Waals surface area contributed by atoms with Gasteiger partial charge in [0.1, 0.15) is 5.75 Å². The molecular formula is C14H14NO. The van der Waals surface area contributed by atoms with Crippen molar-refractivity contribution in [3.63, 3.8) is 0 Å². The Hall–Kier alpha value is -1.96. The molecule has 2 nitrogen and oxygen atoms in total. The molecule has 2 aromatic rings. The highest BCUT2D eigenvalue weighted by molar-refractivity contribution is 5.77. The van der Waals surface area contributed by atoms with E-state index in [1.807, 2.05) is 43.4 Å². The summed E-state index contributed by atoms with van der Waals surface area (Å²) in [6, 6.07) is 17.1. The minimum Gasteiger partial charge on any atom is -0.497 e. The van der Waals surface area contributed by atoms with Gasteiger partial charge in [-0.05, 0) is 29.8 Å². The second-order valence-corrected chi connectivity index (χ2v) is 3.44. The predicted octanol–water partition coefficient (Wildman–Crippen LogP) is 3.20. The van der Waals surface area contributed by atoms with E-state index in [4.69, 9.17) is 4.74 Å². The topological polar surface area (TPSA) is 21.3 Å². The zero-order valence-corrected chi connectivity index (χ0v) is 9.45. The van der Waals surface area contributed by atoms with E-state index in [1.165, 1.54) is 0 Å². The lowest BCUT2D eigenvalue weighted by Gasteiger charge is -2.09. The number of rotatable bonds is 3. The fourth-order valence-corrected chi connectivity index (χ4v) is 1.66. The fraction of sp³-hybridized carbons (Fsp3) is 0.143. The monoisotopic (exact) mass is 212 g/mol. The van der Waals surface area contributed by atoms with Crippen molar-refractivity contribution in [2.45, 2.75) is 0 Å². The SMILES string of the molecule is CNc1ccccc1-c1[c]ccc(OC)c1. The number of nitrogens with one attached hydrogen (secondary N) is 1. The van der Waals surface area contributed by atoms with Crippen molar-refractivity contribution in [3.05, 3.63) is 48.5 Å². The van der Waals surface area contributed by atoms with Crippen LogP contribution in [-0.2, 0) is 0 Å². The molecule has 0 saturated carbocycles. The molecule has 2 aromatic carbocycles. The number of anilines is 1. The molecule has 0 fully saturated rings. The Morgan fingerprint density at radius 2 is 2.00 bits per heavy atom. The third kappa shape index (κ3) is 2.01. The molecule has 0 unspecified atom stereocenters. The van der Waals surface area contributed by atoms with E-state index in [0.717, 1.165) is 22.6 Å². The zero-order chi connectivity index (χ0) is 11.4. The third-order valence-electron chi connectivity index (χ3n) is 2.50. The van der Waals surface area contributed by atoms with Crippen molar-refractivity contribution in [2.75, 3.05) is 19.5 Å². The Morgan fingerprint density at radius 3 is 2.75 bits per heavy atom. The number of benzene rings is 2. The number of hydrogen-bond acceptors (Lipinski definition) is 2. The van der Waals surface area contributed by atoms with Gasteiger partial charge in [-0.3, -0.25) is 0 Å². The summed E-state index contributed by atoms with van der Waals surface area (Å²) in [6.07, 6.45) is 0. The van der Waals surface area contributed by atoms with Gasteiger partial charge in [-0.2, -0.15) is 0 Å². The maximum atomic E-state index is 5.21. The summed E-state index contributed by atoms with van der Waals surface area (Å²) in [7, 11) is 3.59. The smallest absolute Gasteiger partial charge is 0.119 e. The molecule has 2 heteroatoms. The Morgan fingerprint density at radius 1 is 1.19 bits per heavy atom. The van der Waals surface area contributed by atoms with Gasteiger partial charge in [-0.1, -0.05) is 24.3 Å². The highest BCUT2D eigenvalue weighted by atomic mass is 16.5. The van der Waals surface area contributed by atoms with Crippen molar-refractivity contribution in [2.24, 2.45) is 0 Å². The summed E-state index contributed by atoms with van der Waals surface area (Å²) in [5, 5.41) is 3.17. The van der Waals surface area contributed by atoms with Crippen LogP contribution in [0, 0.1) is 6.07 Å². The molecule has 0 aromatic heterocycles. The normalized spacial score (nSPS) is 9.88. The first-order valence-corrected chi connectivity index (χ1v) is 5.18. The predicted molar refractivity (Wildman–Crippen MR) is 66.8 cm³/mol. The Balaban J connectivity index is 2.49. The fourth-order valence-electron chi connectivity index (χ4n) is 1.66. The van der Waals surface area contributed by atoms with Crippen LogP contribution >= 0.6 is 0 Å². The molecule has 1 N–H and O–H groups in total. The maximum absolute atomic E-state index is 5.21. The van der Waals surface area contributed by atoms with Crippen LogP contribution in [0.25, 0.3) is 11.1 Å². The lowest BCUT2D eigenvalue weighted by Crippen LogP contribution is -1.91. The molecule has 0 atom stereocenters. The Labute approximate surface area is 95.9 Å². The van der Waals surface area contributed by atoms with Crippen molar-refractivity contribution in [1.29, 1.82) is 0 Å². The van der Waals surface area contributed by atoms with E-state index in [9.17, 15) is 0 Å². The molecule has 0 bridgehead atoms. The molecule has 0 saturated heterocycles. The third-order valence-corrected chi connectivity index (χ3v) is 2.50. The highest BCUT2D eigenvalue weighted by Gasteiger charge is 2.03. The van der Waals surface area contributed by atoms with Crippen molar-refractivity contribution >= 4 is 5.69 Å². The van der Waals surface area contributed by atoms with Crippen LogP contribution in [0.4, 0.5) is 5.69 Å². The first kappa shape index (κ1) is 10.6. The molecule has 0 aliphatic rings. The van der Waals surface area contributed by atoms with Gasteiger partial charge < -0.3 is 10.1 Å². The molecule has 81 valence electrons. The lowest BCUT2D eigenvalue weighted by molar-refractivity contribution is 0.415. The summed E-state index contributed by atoms with van der Waals surface area (Å²) in [5.41, 5.74) is 3.25. The largest absolute Gasteiger partial charge is 0.497 e. The van der Waals surface area contributed by atoms with Gasteiger partial charge in [-0.25, -0.2) is 0 Å². The summed E-state index contributed by atoms with van der Waals surface area (Å²) >= 11 is 0. The van der Waals surface area contributed by atoms with Crippen LogP contribution in [0.15, 0.2) is 42.5 Å². The average molecular weight is 212 g/mol. The zero-order valence-electron chi connectivity index (χ0n) is 9.45. The maximum Gasteiger partial charge on any atom is 0.119 e. The van der Waals surface area contributed by atoms with Crippen LogP contribution < -0.4 is 10.1 Å². The first-order valence-electron chi connectivity index (χ1n) is 5.18. The first-order chi connectivity index (χ1) is 7.85. The number of methoxy groups -OCH3 is 1. The van der Waals surface area contributed by atoms with Crippen molar-refractivity contribution in [1.82, 2.24) is 0 Å². The highest BCUT2D eigenvalue weighted by Crippen LogP contribution is 2.29. The van der Waals surface area contributed by atoms with E-state index in [2.05, 4.69) is 17.4 Å².